The molecule has 2 rings (SSSR count). The summed E-state index contributed by atoms with van der Waals surface area (Å²) in [6, 6.07) is 7.93. The Kier molecular flexibility index (Phi) is 4.73. The average Bonchev–Trinajstić information content (AvgIpc) is 2.49. The van der Waals surface area contributed by atoms with E-state index >= 15 is 0 Å². The van der Waals surface area contributed by atoms with Gasteiger partial charge in [-0.15, -0.1) is 0 Å². The van der Waals surface area contributed by atoms with Crippen LogP contribution >= 0.6 is 0 Å². The van der Waals surface area contributed by atoms with Crippen molar-refractivity contribution in [3.05, 3.63) is 48.2 Å². The summed E-state index contributed by atoms with van der Waals surface area (Å²) in [6.45, 7) is 1.39. The number of aromatic nitrogens is 1. The van der Waals surface area contributed by atoms with Crippen LogP contribution in [0.3, 0.4) is 0 Å². The summed E-state index contributed by atoms with van der Waals surface area (Å²) in [7, 11) is 0. The molecule has 0 aliphatic carbocycles. The molecule has 8 heteroatoms. The van der Waals surface area contributed by atoms with E-state index in [1.165, 1.54) is 31.2 Å². The number of aliphatic carboxylic acids is 1. The highest BCUT2D eigenvalue weighted by Gasteiger charge is 2.30. The van der Waals surface area contributed by atoms with Crippen LogP contribution in [0.4, 0.5) is 13.2 Å². The Morgan fingerprint density at radius 3 is 2.22 bits per heavy atom. The van der Waals surface area contributed by atoms with Crippen molar-refractivity contribution < 1.29 is 32.5 Å². The maximum atomic E-state index is 12.4. The van der Waals surface area contributed by atoms with Crippen LogP contribution in [0.15, 0.2) is 42.6 Å². The zero-order valence-electron chi connectivity index (χ0n) is 11.9. The fourth-order valence-electron chi connectivity index (χ4n) is 1.57. The minimum absolute atomic E-state index is 0.00516. The van der Waals surface area contributed by atoms with Gasteiger partial charge in [-0.2, -0.15) is 13.2 Å². The highest BCUT2D eigenvalue weighted by atomic mass is 19.4. The van der Waals surface area contributed by atoms with Gasteiger partial charge in [-0.25, -0.2) is 9.78 Å². The van der Waals surface area contributed by atoms with Gasteiger partial charge in [0.2, 0.25) is 5.88 Å². The van der Waals surface area contributed by atoms with Crippen molar-refractivity contribution in [1.82, 2.24) is 4.98 Å². The van der Waals surface area contributed by atoms with Crippen LogP contribution in [0.5, 0.6) is 17.4 Å². The first kappa shape index (κ1) is 16.6. The molecule has 0 saturated carbocycles. The standard InChI is InChI=1S/C15H12F3NO4/c1-9(14(20)21)22-11-3-5-12(6-4-11)23-13-7-2-10(8-19-13)15(16,17)18/h2-9H,1H3,(H,20,21)/t9-/m0/s1. The van der Waals surface area contributed by atoms with E-state index in [9.17, 15) is 18.0 Å². The molecule has 23 heavy (non-hydrogen) atoms. The first-order chi connectivity index (χ1) is 10.8. The van der Waals surface area contributed by atoms with E-state index in [4.69, 9.17) is 14.6 Å². The average molecular weight is 327 g/mol. The van der Waals surface area contributed by atoms with Crippen LogP contribution < -0.4 is 9.47 Å². The molecular formula is C15H12F3NO4. The zero-order valence-corrected chi connectivity index (χ0v) is 11.9. The molecule has 1 aromatic carbocycles. The molecule has 0 bridgehead atoms. The van der Waals surface area contributed by atoms with Crippen molar-refractivity contribution in [3.8, 4) is 17.4 Å². The number of hydrogen-bond donors (Lipinski definition) is 1. The van der Waals surface area contributed by atoms with E-state index in [-0.39, 0.29) is 5.88 Å². The van der Waals surface area contributed by atoms with Gasteiger partial charge in [0, 0.05) is 12.3 Å². The maximum Gasteiger partial charge on any atom is 0.417 e. The third kappa shape index (κ3) is 4.60. The Bertz CT molecular complexity index is 669. The Labute approximate surface area is 129 Å². The molecule has 0 amide bonds. The van der Waals surface area contributed by atoms with Gasteiger partial charge in [-0.05, 0) is 37.3 Å². The maximum absolute atomic E-state index is 12.4. The van der Waals surface area contributed by atoms with Gasteiger partial charge in [0.05, 0.1) is 5.56 Å². The highest BCUT2D eigenvalue weighted by molar-refractivity contribution is 5.72. The summed E-state index contributed by atoms with van der Waals surface area (Å²) >= 11 is 0. The normalized spacial score (nSPS) is 12.5. The molecule has 0 spiro atoms. The fraction of sp³-hybridized carbons (Fsp3) is 0.200. The van der Waals surface area contributed by atoms with Crippen molar-refractivity contribution in [1.29, 1.82) is 0 Å². The van der Waals surface area contributed by atoms with Crippen LogP contribution in [0.2, 0.25) is 0 Å². The molecule has 0 radical (unpaired) electrons. The van der Waals surface area contributed by atoms with E-state index < -0.39 is 23.8 Å². The van der Waals surface area contributed by atoms with Gasteiger partial charge in [-0.3, -0.25) is 0 Å². The molecule has 1 aromatic heterocycles. The molecule has 0 fully saturated rings. The van der Waals surface area contributed by atoms with E-state index in [0.717, 1.165) is 12.1 Å². The van der Waals surface area contributed by atoms with Crippen LogP contribution in [-0.4, -0.2) is 22.2 Å². The number of alkyl halides is 3. The van der Waals surface area contributed by atoms with Crippen LogP contribution in [0.1, 0.15) is 12.5 Å². The van der Waals surface area contributed by atoms with Crippen LogP contribution in [0.25, 0.3) is 0 Å². The van der Waals surface area contributed by atoms with Crippen molar-refractivity contribution in [2.24, 2.45) is 0 Å². The third-order valence-electron chi connectivity index (χ3n) is 2.77. The quantitative estimate of drug-likeness (QED) is 0.906. The lowest BCUT2D eigenvalue weighted by atomic mass is 10.3. The predicted octanol–water partition coefficient (Wildman–Crippen LogP) is 3.74. The number of halogens is 3. The Hall–Kier alpha value is -2.77. The number of rotatable bonds is 5. The lowest BCUT2D eigenvalue weighted by Gasteiger charge is -2.11. The molecular weight excluding hydrogens is 315 g/mol. The van der Waals surface area contributed by atoms with Gasteiger partial charge < -0.3 is 14.6 Å². The van der Waals surface area contributed by atoms with Gasteiger partial charge >= 0.3 is 12.1 Å². The SMILES string of the molecule is C[C@H](Oc1ccc(Oc2ccc(C(F)(F)F)cn2)cc1)C(=O)O. The van der Waals surface area contributed by atoms with Crippen molar-refractivity contribution in [2.45, 2.75) is 19.2 Å². The molecule has 0 saturated heterocycles. The fourth-order valence-corrected chi connectivity index (χ4v) is 1.57. The largest absolute Gasteiger partial charge is 0.479 e. The van der Waals surface area contributed by atoms with E-state index in [1.807, 2.05) is 0 Å². The smallest absolute Gasteiger partial charge is 0.417 e. The lowest BCUT2D eigenvalue weighted by Crippen LogP contribution is -2.22. The van der Waals surface area contributed by atoms with Gasteiger partial charge in [0.15, 0.2) is 6.10 Å². The number of nitrogens with zero attached hydrogens (tertiary/aromatic N) is 1. The summed E-state index contributed by atoms with van der Waals surface area (Å²) in [6.07, 6.45) is -4.77. The minimum Gasteiger partial charge on any atom is -0.479 e. The predicted molar refractivity (Wildman–Crippen MR) is 73.5 cm³/mol. The number of benzene rings is 1. The van der Waals surface area contributed by atoms with Crippen molar-refractivity contribution >= 4 is 5.97 Å². The summed E-state index contributed by atoms with van der Waals surface area (Å²) in [5.74, 6) is -0.440. The molecule has 0 aliphatic heterocycles. The van der Waals surface area contributed by atoms with Crippen LogP contribution in [-0.2, 0) is 11.0 Å². The van der Waals surface area contributed by atoms with Crippen molar-refractivity contribution in [2.75, 3.05) is 0 Å². The number of pyridine rings is 1. The summed E-state index contributed by atoms with van der Waals surface area (Å²) < 4.78 is 47.7. The minimum atomic E-state index is -4.45. The molecule has 1 atom stereocenters. The molecule has 1 N–H and O–H groups in total. The van der Waals surface area contributed by atoms with E-state index in [1.54, 1.807) is 0 Å². The zero-order chi connectivity index (χ0) is 17.0. The Balaban J connectivity index is 2.02. The second-order valence-electron chi connectivity index (χ2n) is 4.55. The molecule has 1 heterocycles. The monoisotopic (exact) mass is 327 g/mol. The number of hydrogen-bond acceptors (Lipinski definition) is 4. The molecule has 5 nitrogen and oxygen atoms in total. The van der Waals surface area contributed by atoms with E-state index in [2.05, 4.69) is 4.98 Å². The van der Waals surface area contributed by atoms with Gasteiger partial charge in [0.1, 0.15) is 11.5 Å². The topological polar surface area (TPSA) is 68.7 Å². The second kappa shape index (κ2) is 6.55. The number of carboxylic acid groups (broad SMARTS) is 1. The van der Waals surface area contributed by atoms with Gasteiger partial charge in [-0.1, -0.05) is 0 Å². The Morgan fingerprint density at radius 2 is 1.74 bits per heavy atom. The number of ether oxygens (including phenoxy) is 2. The summed E-state index contributed by atoms with van der Waals surface area (Å²) in [4.78, 5) is 14.3. The highest BCUT2D eigenvalue weighted by Crippen LogP contribution is 2.30. The first-order valence-corrected chi connectivity index (χ1v) is 6.46. The lowest BCUT2D eigenvalue weighted by molar-refractivity contribution is -0.144. The third-order valence-corrected chi connectivity index (χ3v) is 2.77. The number of carboxylic acids is 1. The number of carbonyl (C=O) groups is 1. The molecule has 0 unspecified atom stereocenters. The second-order valence-corrected chi connectivity index (χ2v) is 4.55. The molecule has 2 aromatic rings. The Morgan fingerprint density at radius 1 is 1.13 bits per heavy atom. The van der Waals surface area contributed by atoms with Crippen LogP contribution in [0, 0.1) is 0 Å². The summed E-state index contributed by atoms with van der Waals surface area (Å²) in [5, 5.41) is 8.73. The van der Waals surface area contributed by atoms with Gasteiger partial charge in [0.25, 0.3) is 0 Å². The molecule has 0 aliphatic rings. The molecule has 122 valence electrons. The summed E-state index contributed by atoms with van der Waals surface area (Å²) in [5.41, 5.74) is -0.865. The first-order valence-electron chi connectivity index (χ1n) is 6.46. The van der Waals surface area contributed by atoms with E-state index in [0.29, 0.717) is 17.7 Å². The van der Waals surface area contributed by atoms with Crippen molar-refractivity contribution in [3.63, 3.8) is 0 Å².